The lowest BCUT2D eigenvalue weighted by atomic mass is 9.83. The number of benzene rings is 1. The summed E-state index contributed by atoms with van der Waals surface area (Å²) in [6.07, 6.45) is 1.11. The Kier molecular flexibility index (Phi) is 4.61. The van der Waals surface area contributed by atoms with E-state index >= 15 is 0 Å². The summed E-state index contributed by atoms with van der Waals surface area (Å²) in [5, 5.41) is 0. The number of nitrogens with zero attached hydrogens (tertiary/aromatic N) is 2. The number of hydrogen-bond donors (Lipinski definition) is 0. The lowest BCUT2D eigenvalue weighted by molar-refractivity contribution is -0.112. The quantitative estimate of drug-likeness (QED) is 0.768. The summed E-state index contributed by atoms with van der Waals surface area (Å²) in [5.41, 5.74) is 0.693. The zero-order chi connectivity index (χ0) is 14.8. The normalized spacial score (nSPS) is 26.6. The molecule has 1 aliphatic heterocycles. The van der Waals surface area contributed by atoms with Crippen molar-refractivity contribution in [3.63, 3.8) is 0 Å². The van der Waals surface area contributed by atoms with E-state index in [0.29, 0.717) is 12.0 Å². The molecule has 0 aromatic heterocycles. The average molecular weight is 274 g/mol. The summed E-state index contributed by atoms with van der Waals surface area (Å²) in [6.45, 7) is 7.26. The Morgan fingerprint density at radius 2 is 1.95 bits per heavy atom. The standard InChI is InChI=1S/C17H26N2O/c1-14-10-19(11-16(14)18(3)4)12-17(2,13-20)15-8-6-5-7-9-15/h5-9,13-14,16H,10-12H2,1-4H3. The molecule has 1 aliphatic rings. The van der Waals surface area contributed by atoms with Gasteiger partial charge in [0, 0.05) is 25.7 Å². The molecule has 110 valence electrons. The highest BCUT2D eigenvalue weighted by atomic mass is 16.1. The predicted molar refractivity (Wildman–Crippen MR) is 82.9 cm³/mol. The van der Waals surface area contributed by atoms with E-state index in [1.807, 2.05) is 25.1 Å². The maximum atomic E-state index is 11.7. The number of likely N-dealkylation sites (tertiary alicyclic amines) is 1. The van der Waals surface area contributed by atoms with Crippen molar-refractivity contribution in [2.24, 2.45) is 5.92 Å². The van der Waals surface area contributed by atoms with Gasteiger partial charge in [-0.25, -0.2) is 0 Å². The van der Waals surface area contributed by atoms with Gasteiger partial charge >= 0.3 is 0 Å². The highest BCUT2D eigenvalue weighted by Crippen LogP contribution is 2.27. The Morgan fingerprint density at radius 1 is 1.30 bits per heavy atom. The van der Waals surface area contributed by atoms with Crippen molar-refractivity contribution in [3.8, 4) is 0 Å². The third-order valence-electron chi connectivity index (χ3n) is 4.56. The summed E-state index contributed by atoms with van der Waals surface area (Å²) < 4.78 is 0. The molecule has 2 rings (SSSR count). The van der Waals surface area contributed by atoms with Crippen LogP contribution in [-0.4, -0.2) is 55.9 Å². The van der Waals surface area contributed by atoms with Crippen LogP contribution in [0.2, 0.25) is 0 Å². The molecular formula is C17H26N2O. The zero-order valence-corrected chi connectivity index (χ0v) is 13.0. The van der Waals surface area contributed by atoms with Crippen LogP contribution in [0, 0.1) is 5.92 Å². The molecule has 3 nitrogen and oxygen atoms in total. The molecule has 0 bridgehead atoms. The molecule has 3 heteroatoms. The van der Waals surface area contributed by atoms with Crippen molar-refractivity contribution in [1.82, 2.24) is 9.80 Å². The first-order valence-corrected chi connectivity index (χ1v) is 7.37. The van der Waals surface area contributed by atoms with Crippen molar-refractivity contribution in [2.75, 3.05) is 33.7 Å². The molecular weight excluding hydrogens is 248 g/mol. The Labute approximate surface area is 122 Å². The summed E-state index contributed by atoms with van der Waals surface area (Å²) in [4.78, 5) is 16.4. The van der Waals surface area contributed by atoms with Crippen LogP contribution < -0.4 is 0 Å². The van der Waals surface area contributed by atoms with E-state index in [-0.39, 0.29) is 0 Å². The molecule has 3 unspecified atom stereocenters. The van der Waals surface area contributed by atoms with Crippen LogP contribution >= 0.6 is 0 Å². The van der Waals surface area contributed by atoms with Gasteiger partial charge in [0.25, 0.3) is 0 Å². The van der Waals surface area contributed by atoms with Gasteiger partial charge in [-0.1, -0.05) is 37.3 Å². The molecule has 3 atom stereocenters. The van der Waals surface area contributed by atoms with E-state index in [1.54, 1.807) is 0 Å². The van der Waals surface area contributed by atoms with E-state index < -0.39 is 5.41 Å². The van der Waals surface area contributed by atoms with Gasteiger partial charge in [-0.15, -0.1) is 0 Å². The van der Waals surface area contributed by atoms with Gasteiger partial charge in [-0.2, -0.15) is 0 Å². The molecule has 1 aromatic carbocycles. The third-order valence-corrected chi connectivity index (χ3v) is 4.56. The highest BCUT2D eigenvalue weighted by molar-refractivity contribution is 5.68. The van der Waals surface area contributed by atoms with Gasteiger partial charge in [-0.3, -0.25) is 0 Å². The number of carbonyl (C=O) groups excluding carboxylic acids is 1. The maximum absolute atomic E-state index is 11.7. The van der Waals surface area contributed by atoms with Gasteiger partial charge < -0.3 is 14.6 Å². The van der Waals surface area contributed by atoms with Crippen LogP contribution in [0.25, 0.3) is 0 Å². The minimum atomic E-state index is -0.415. The number of aldehydes is 1. The van der Waals surface area contributed by atoms with Gasteiger partial charge in [0.15, 0.2) is 0 Å². The first kappa shape index (κ1) is 15.2. The highest BCUT2D eigenvalue weighted by Gasteiger charge is 2.36. The second-order valence-corrected chi connectivity index (χ2v) is 6.60. The SMILES string of the molecule is CC1CN(CC(C)(C=O)c2ccccc2)CC1N(C)C. The smallest absolute Gasteiger partial charge is 0.131 e. The number of likely N-dealkylation sites (N-methyl/N-ethyl adjacent to an activating group) is 1. The Balaban J connectivity index is 2.10. The molecule has 20 heavy (non-hydrogen) atoms. The van der Waals surface area contributed by atoms with Gasteiger partial charge in [-0.05, 0) is 32.5 Å². The summed E-state index contributed by atoms with van der Waals surface area (Å²) in [7, 11) is 4.28. The fourth-order valence-corrected chi connectivity index (χ4v) is 3.33. The molecule has 0 radical (unpaired) electrons. The summed E-state index contributed by atoms with van der Waals surface area (Å²) in [6, 6.07) is 10.7. The number of hydrogen-bond acceptors (Lipinski definition) is 3. The van der Waals surface area contributed by atoms with Crippen molar-refractivity contribution in [3.05, 3.63) is 35.9 Å². The Hall–Kier alpha value is -1.19. The lowest BCUT2D eigenvalue weighted by Crippen LogP contribution is -2.40. The minimum absolute atomic E-state index is 0.415. The van der Waals surface area contributed by atoms with E-state index in [4.69, 9.17) is 0 Å². The predicted octanol–water partition coefficient (Wildman–Crippen LogP) is 2.03. The topological polar surface area (TPSA) is 23.6 Å². The second kappa shape index (κ2) is 6.06. The van der Waals surface area contributed by atoms with E-state index in [0.717, 1.165) is 31.5 Å². The third kappa shape index (κ3) is 3.10. The van der Waals surface area contributed by atoms with E-state index in [1.165, 1.54) is 0 Å². The average Bonchev–Trinajstić information content (AvgIpc) is 2.80. The largest absolute Gasteiger partial charge is 0.305 e. The van der Waals surface area contributed by atoms with E-state index in [2.05, 4.69) is 43.0 Å². The Morgan fingerprint density at radius 3 is 2.45 bits per heavy atom. The van der Waals surface area contributed by atoms with Crippen LogP contribution in [0.15, 0.2) is 30.3 Å². The van der Waals surface area contributed by atoms with Crippen molar-refractivity contribution in [1.29, 1.82) is 0 Å². The van der Waals surface area contributed by atoms with Crippen LogP contribution in [0.1, 0.15) is 19.4 Å². The van der Waals surface area contributed by atoms with Gasteiger partial charge in [0.2, 0.25) is 0 Å². The molecule has 0 saturated carbocycles. The van der Waals surface area contributed by atoms with Crippen molar-refractivity contribution in [2.45, 2.75) is 25.3 Å². The monoisotopic (exact) mass is 274 g/mol. The molecule has 0 spiro atoms. The van der Waals surface area contributed by atoms with Crippen LogP contribution in [0.3, 0.4) is 0 Å². The fraction of sp³-hybridized carbons (Fsp3) is 0.588. The van der Waals surface area contributed by atoms with Crippen molar-refractivity contribution < 1.29 is 4.79 Å². The maximum Gasteiger partial charge on any atom is 0.131 e. The zero-order valence-electron chi connectivity index (χ0n) is 13.0. The summed E-state index contributed by atoms with van der Waals surface area (Å²) in [5.74, 6) is 0.650. The van der Waals surface area contributed by atoms with Gasteiger partial charge in [0.05, 0.1) is 5.41 Å². The molecule has 1 fully saturated rings. The second-order valence-electron chi connectivity index (χ2n) is 6.60. The molecule has 1 heterocycles. The minimum Gasteiger partial charge on any atom is -0.305 e. The molecule has 1 aromatic rings. The van der Waals surface area contributed by atoms with Crippen LogP contribution in [0.4, 0.5) is 0 Å². The van der Waals surface area contributed by atoms with Crippen molar-refractivity contribution >= 4 is 6.29 Å². The van der Waals surface area contributed by atoms with E-state index in [9.17, 15) is 4.79 Å². The fourth-order valence-electron chi connectivity index (χ4n) is 3.33. The number of carbonyl (C=O) groups is 1. The lowest BCUT2D eigenvalue weighted by Gasteiger charge is -2.30. The van der Waals surface area contributed by atoms with Crippen LogP contribution in [-0.2, 0) is 10.2 Å². The Bertz CT molecular complexity index is 446. The van der Waals surface area contributed by atoms with Crippen LogP contribution in [0.5, 0.6) is 0 Å². The molecule has 1 saturated heterocycles. The number of rotatable bonds is 5. The molecule has 0 N–H and O–H groups in total. The first-order chi connectivity index (χ1) is 9.46. The molecule has 0 amide bonds. The summed E-state index contributed by atoms with van der Waals surface area (Å²) >= 11 is 0. The molecule has 0 aliphatic carbocycles. The first-order valence-electron chi connectivity index (χ1n) is 7.37. The van der Waals surface area contributed by atoms with Gasteiger partial charge in [0.1, 0.15) is 6.29 Å².